The summed E-state index contributed by atoms with van der Waals surface area (Å²) in [6.07, 6.45) is 4.62. The van der Waals surface area contributed by atoms with Crippen LogP contribution in [0, 0.1) is 0 Å². The Morgan fingerprint density at radius 1 is 0.960 bits per heavy atom. The first-order valence-electron chi connectivity index (χ1n) is 14.9. The lowest BCUT2D eigenvalue weighted by atomic mass is 10.1. The predicted molar refractivity (Wildman–Crippen MR) is 191 cm³/mol. The molecule has 4 aromatic rings. The van der Waals surface area contributed by atoms with Crippen LogP contribution < -0.4 is 29.5 Å². The van der Waals surface area contributed by atoms with Gasteiger partial charge in [0.15, 0.2) is 5.11 Å². The van der Waals surface area contributed by atoms with Gasteiger partial charge in [-0.05, 0) is 54.4 Å². The lowest BCUT2D eigenvalue weighted by Gasteiger charge is -2.22. The van der Waals surface area contributed by atoms with Crippen LogP contribution >= 0.6 is 23.6 Å². The molecule has 0 bridgehead atoms. The lowest BCUT2D eigenvalue weighted by Crippen LogP contribution is -2.37. The van der Waals surface area contributed by atoms with E-state index in [1.807, 2.05) is 53.2 Å². The van der Waals surface area contributed by atoms with E-state index < -0.39 is 52.4 Å². The van der Waals surface area contributed by atoms with Crippen LogP contribution in [0.4, 0.5) is 17.2 Å². The van der Waals surface area contributed by atoms with Crippen molar-refractivity contribution in [2.24, 2.45) is 0 Å². The zero-order valence-electron chi connectivity index (χ0n) is 26.2. The Labute approximate surface area is 293 Å². The van der Waals surface area contributed by atoms with Gasteiger partial charge in [0, 0.05) is 25.2 Å². The van der Waals surface area contributed by atoms with Crippen molar-refractivity contribution in [2.45, 2.75) is 13.0 Å². The number of hydrogen-bond acceptors (Lipinski definition) is 11. The number of fused-ring (bicyclic) bond motifs is 3. The van der Waals surface area contributed by atoms with Crippen LogP contribution in [-0.2, 0) is 31.0 Å². The van der Waals surface area contributed by atoms with Crippen LogP contribution in [0.1, 0.15) is 6.42 Å². The average Bonchev–Trinajstić information content (AvgIpc) is 3.61. The molecule has 2 aliphatic rings. The van der Waals surface area contributed by atoms with E-state index in [2.05, 4.69) is 4.98 Å². The number of carbonyl (C=O) groups is 3. The first-order chi connectivity index (χ1) is 23.8. The summed E-state index contributed by atoms with van der Waals surface area (Å²) >= 11 is 6.31. The summed E-state index contributed by atoms with van der Waals surface area (Å²) < 4.78 is 33.3. The molecular weight excluding hydrogens is 709 g/mol. The molecule has 0 aliphatic carbocycles. The van der Waals surface area contributed by atoms with Gasteiger partial charge in [-0.25, -0.2) is 4.98 Å². The van der Waals surface area contributed by atoms with Crippen molar-refractivity contribution in [3.63, 3.8) is 0 Å². The first kappa shape index (κ1) is 34.4. The first-order valence-corrected chi connectivity index (χ1v) is 17.7. The van der Waals surface area contributed by atoms with Gasteiger partial charge in [0.2, 0.25) is 0 Å². The molecule has 15 nitrogen and oxygen atoms in total. The smallest absolute Gasteiger partial charge is 0.323 e. The average molecular weight is 737 g/mol. The third-order valence-electron chi connectivity index (χ3n) is 7.96. The lowest BCUT2D eigenvalue weighted by molar-refractivity contribution is -0.140. The summed E-state index contributed by atoms with van der Waals surface area (Å²) in [5.74, 6) is -3.31. The van der Waals surface area contributed by atoms with Crippen LogP contribution in [0.5, 0.6) is 0 Å². The molecule has 0 unspecified atom stereocenters. The van der Waals surface area contributed by atoms with Crippen molar-refractivity contribution >= 4 is 96.4 Å². The summed E-state index contributed by atoms with van der Waals surface area (Å²) in [6.45, 7) is -1.40. The molecule has 0 saturated carbocycles. The number of allylic oxidation sites excluding steroid dienone is 1. The number of thiazole rings is 1. The highest BCUT2D eigenvalue weighted by Gasteiger charge is 2.42. The van der Waals surface area contributed by atoms with Gasteiger partial charge in [0.05, 0.1) is 21.7 Å². The van der Waals surface area contributed by atoms with E-state index >= 15 is 0 Å². The van der Waals surface area contributed by atoms with Crippen LogP contribution in [-0.4, -0.2) is 86.5 Å². The maximum atomic E-state index is 13.8. The standard InChI is InChI=1S/C32H28N6O9S3/c1-34-24(35(15-6-16-50(45,46)47)21-11-10-19-7-2-3-8-20(19)27(21)34)13-12-22-29(43)36(17-25(39)40)31(49-22)28-30(44)37(18-26(41)42)32(48)38(28)23-9-4-5-14-33-23/h2-5,7-14H,6,15-18H2,1H3,(H,39,40)(H,41,42)(H,45,46,47)/b22-12?,24-13?,31-28+. The van der Waals surface area contributed by atoms with Crippen molar-refractivity contribution in [2.75, 3.05) is 40.6 Å². The molecule has 0 atom stereocenters. The Bertz CT molecular complexity index is 2410. The Morgan fingerprint density at radius 2 is 1.68 bits per heavy atom. The van der Waals surface area contributed by atoms with Crippen molar-refractivity contribution in [1.29, 1.82) is 0 Å². The van der Waals surface area contributed by atoms with Crippen molar-refractivity contribution in [3.8, 4) is 0 Å². The largest absolute Gasteiger partial charge is 0.480 e. The third-order valence-corrected chi connectivity index (χ3v) is 10.3. The second-order valence-corrected chi connectivity index (χ2v) is 14.2. The van der Waals surface area contributed by atoms with Crippen LogP contribution in [0.3, 0.4) is 0 Å². The number of benzene rings is 2. The number of carbonyl (C=O) groups excluding carboxylic acids is 1. The Balaban J connectivity index is 1.55. The number of aromatic nitrogens is 2. The molecule has 1 amide bonds. The van der Waals surface area contributed by atoms with E-state index in [1.54, 1.807) is 18.2 Å². The quantitative estimate of drug-likeness (QED) is 0.155. The van der Waals surface area contributed by atoms with E-state index in [0.29, 0.717) is 5.82 Å². The predicted octanol–water partition coefficient (Wildman–Crippen LogP) is 1.23. The van der Waals surface area contributed by atoms with Crippen molar-refractivity contribution in [3.05, 3.63) is 92.2 Å². The molecule has 4 heterocycles. The summed E-state index contributed by atoms with van der Waals surface area (Å²) in [7, 11) is -2.41. The highest BCUT2D eigenvalue weighted by Crippen LogP contribution is 2.45. The second kappa shape index (κ2) is 13.5. The summed E-state index contributed by atoms with van der Waals surface area (Å²) in [4.78, 5) is 61.3. The summed E-state index contributed by atoms with van der Waals surface area (Å²) in [5.41, 5.74) is 0.639. The fourth-order valence-electron chi connectivity index (χ4n) is 5.90. The number of hydrogen-bond donors (Lipinski definition) is 3. The number of carboxylic acids is 2. The highest BCUT2D eigenvalue weighted by atomic mass is 32.2. The highest BCUT2D eigenvalue weighted by molar-refractivity contribution is 7.85. The van der Waals surface area contributed by atoms with Gasteiger partial charge < -0.3 is 20.0 Å². The SMILES string of the molecule is CN1C(=CC=c2s/c(=C3\C(=O)N(CC(=O)O)C(=S)N3c3ccccn3)n(CC(=O)O)c2=O)N(CCCS(=O)(=O)O)c2ccc3ccccc3c21. The molecule has 1 saturated heterocycles. The van der Waals surface area contributed by atoms with Crippen LogP contribution in [0.2, 0.25) is 0 Å². The van der Waals surface area contributed by atoms with Gasteiger partial charge in [0.25, 0.3) is 21.6 Å². The third kappa shape index (κ3) is 6.48. The molecule has 2 aromatic carbocycles. The molecule has 0 spiro atoms. The zero-order chi connectivity index (χ0) is 35.9. The second-order valence-electron chi connectivity index (χ2n) is 11.2. The van der Waals surface area contributed by atoms with Gasteiger partial charge in [-0.3, -0.25) is 38.1 Å². The number of thiocarbonyl (C=S) groups is 1. The summed E-state index contributed by atoms with van der Waals surface area (Å²) in [5, 5.41) is 20.9. The Hall–Kier alpha value is -5.43. The van der Waals surface area contributed by atoms with Gasteiger partial charge in [0.1, 0.15) is 35.1 Å². The number of anilines is 3. The molecule has 0 radical (unpaired) electrons. The number of amides is 1. The van der Waals surface area contributed by atoms with Gasteiger partial charge >= 0.3 is 11.9 Å². The molecular formula is C32H28N6O9S3. The topological polar surface area (TPSA) is 194 Å². The molecule has 6 rings (SSSR count). The molecule has 3 N–H and O–H groups in total. The fourth-order valence-corrected chi connectivity index (χ4v) is 7.80. The molecule has 1 fully saturated rings. The fraction of sp³-hybridized carbons (Fsp3) is 0.188. The molecule has 2 aromatic heterocycles. The number of nitrogens with zero attached hydrogens (tertiary/aromatic N) is 6. The zero-order valence-corrected chi connectivity index (χ0v) is 28.6. The number of aliphatic carboxylic acids is 2. The molecule has 50 heavy (non-hydrogen) atoms. The van der Waals surface area contributed by atoms with E-state index in [9.17, 15) is 42.4 Å². The van der Waals surface area contributed by atoms with Gasteiger partial charge in [-0.2, -0.15) is 8.42 Å². The molecule has 18 heteroatoms. The van der Waals surface area contributed by atoms with Crippen molar-refractivity contribution in [1.82, 2.24) is 14.5 Å². The van der Waals surface area contributed by atoms with E-state index in [-0.39, 0.29) is 38.8 Å². The molecule has 2 aliphatic heterocycles. The Morgan fingerprint density at radius 3 is 2.36 bits per heavy atom. The van der Waals surface area contributed by atoms with Crippen LogP contribution in [0.15, 0.2) is 77.5 Å². The minimum absolute atomic E-state index is 0.0460. The van der Waals surface area contributed by atoms with Crippen molar-refractivity contribution < 1.29 is 37.6 Å². The van der Waals surface area contributed by atoms with E-state index in [1.165, 1.54) is 23.2 Å². The van der Waals surface area contributed by atoms with Crippen LogP contribution in [0.25, 0.3) is 22.5 Å². The van der Waals surface area contributed by atoms with E-state index in [4.69, 9.17) is 12.2 Å². The normalized spacial score (nSPS) is 17.1. The number of pyridine rings is 1. The van der Waals surface area contributed by atoms with Gasteiger partial charge in [-0.15, -0.1) is 11.3 Å². The monoisotopic (exact) mass is 736 g/mol. The molecule has 258 valence electrons. The maximum Gasteiger partial charge on any atom is 0.323 e. The van der Waals surface area contributed by atoms with Gasteiger partial charge in [-0.1, -0.05) is 36.4 Å². The maximum absolute atomic E-state index is 13.8. The number of rotatable bonds is 10. The Kier molecular flexibility index (Phi) is 9.27. The minimum Gasteiger partial charge on any atom is -0.480 e. The minimum atomic E-state index is -4.23. The number of carboxylic acid groups (broad SMARTS) is 2. The van der Waals surface area contributed by atoms with E-state index in [0.717, 1.165) is 43.0 Å². The summed E-state index contributed by atoms with van der Waals surface area (Å²) in [6, 6.07) is 16.3.